The molecule has 1 unspecified atom stereocenters. The van der Waals surface area contributed by atoms with Crippen LogP contribution in [0, 0.1) is 11.8 Å². The molecule has 4 rings (SSSR count). The van der Waals surface area contributed by atoms with Gasteiger partial charge in [-0.15, -0.1) is 0 Å². The monoisotopic (exact) mass is 467 g/mol. The minimum atomic E-state index is -0.347. The van der Waals surface area contributed by atoms with Crippen LogP contribution in [-0.4, -0.2) is 50.2 Å². The highest BCUT2D eigenvalue weighted by Gasteiger charge is 2.24. The number of rotatable bonds is 6. The minimum Gasteiger partial charge on any atom is -0.371 e. The van der Waals surface area contributed by atoms with Gasteiger partial charge in [-0.05, 0) is 44.0 Å². The molecule has 3 aromatic heterocycles. The number of pyridine rings is 1. The van der Waals surface area contributed by atoms with Gasteiger partial charge in [-0.1, -0.05) is 24.1 Å². The van der Waals surface area contributed by atoms with Crippen LogP contribution in [0.2, 0.25) is 0 Å². The number of amides is 2. The highest BCUT2D eigenvalue weighted by Crippen LogP contribution is 2.32. The van der Waals surface area contributed by atoms with E-state index in [1.807, 2.05) is 29.7 Å². The standard InChI is InChI=1S/C26H25N7O2/c1-5-8-21(34)32(4)17(2)25-31-22(23-24(27-3)29-15-16-33(23)25)18-10-12-19(13-11-18)26(35)30-20-9-6-7-14-28-20/h6-7,9-17H,1-4H3,(H,27,29)(H,28,30,35). The predicted octanol–water partition coefficient (Wildman–Crippen LogP) is 3.63. The fraction of sp³-hybridized carbons (Fsp3) is 0.192. The van der Waals surface area contributed by atoms with Crippen molar-refractivity contribution < 1.29 is 9.59 Å². The zero-order valence-corrected chi connectivity index (χ0v) is 19.9. The molecule has 0 aliphatic heterocycles. The van der Waals surface area contributed by atoms with E-state index in [1.165, 1.54) is 0 Å². The summed E-state index contributed by atoms with van der Waals surface area (Å²) in [5.41, 5.74) is 2.75. The summed E-state index contributed by atoms with van der Waals surface area (Å²) in [5.74, 6) is 6.47. The van der Waals surface area contributed by atoms with Crippen LogP contribution >= 0.6 is 0 Å². The van der Waals surface area contributed by atoms with Gasteiger partial charge < -0.3 is 15.5 Å². The Morgan fingerprint density at radius 1 is 1.09 bits per heavy atom. The van der Waals surface area contributed by atoms with Crippen molar-refractivity contribution >= 4 is 29.0 Å². The number of carbonyl (C=O) groups excluding carboxylic acids is 2. The Balaban J connectivity index is 1.72. The molecule has 0 saturated heterocycles. The summed E-state index contributed by atoms with van der Waals surface area (Å²) in [6, 6.07) is 12.1. The highest BCUT2D eigenvalue weighted by atomic mass is 16.2. The molecule has 35 heavy (non-hydrogen) atoms. The summed E-state index contributed by atoms with van der Waals surface area (Å²) >= 11 is 0. The largest absolute Gasteiger partial charge is 0.371 e. The van der Waals surface area contributed by atoms with Crippen LogP contribution in [0.15, 0.2) is 61.1 Å². The molecule has 9 nitrogen and oxygen atoms in total. The van der Waals surface area contributed by atoms with Gasteiger partial charge in [-0.25, -0.2) is 15.0 Å². The fourth-order valence-corrected chi connectivity index (χ4v) is 3.69. The summed E-state index contributed by atoms with van der Waals surface area (Å²) in [4.78, 5) is 40.0. The van der Waals surface area contributed by atoms with Crippen LogP contribution < -0.4 is 10.6 Å². The van der Waals surface area contributed by atoms with Crippen molar-refractivity contribution in [1.29, 1.82) is 0 Å². The molecule has 2 amide bonds. The zero-order chi connectivity index (χ0) is 24.9. The molecule has 1 atom stereocenters. The number of nitrogens with one attached hydrogen (secondary N) is 2. The van der Waals surface area contributed by atoms with Crippen LogP contribution in [0.1, 0.15) is 36.1 Å². The van der Waals surface area contributed by atoms with Crippen LogP contribution in [0.5, 0.6) is 0 Å². The second-order valence-corrected chi connectivity index (χ2v) is 7.78. The topological polar surface area (TPSA) is 105 Å². The average molecular weight is 468 g/mol. The second-order valence-electron chi connectivity index (χ2n) is 7.78. The van der Waals surface area contributed by atoms with Gasteiger partial charge in [-0.2, -0.15) is 0 Å². The van der Waals surface area contributed by atoms with Crippen molar-refractivity contribution in [3.63, 3.8) is 0 Å². The lowest BCUT2D eigenvalue weighted by Gasteiger charge is -2.21. The number of benzene rings is 1. The van der Waals surface area contributed by atoms with Gasteiger partial charge in [0.25, 0.3) is 11.8 Å². The Labute approximate surface area is 203 Å². The van der Waals surface area contributed by atoms with Crippen molar-refractivity contribution in [2.24, 2.45) is 0 Å². The maximum atomic E-state index is 12.6. The van der Waals surface area contributed by atoms with E-state index in [-0.39, 0.29) is 17.9 Å². The Kier molecular flexibility index (Phi) is 6.73. The van der Waals surface area contributed by atoms with Gasteiger partial charge in [0, 0.05) is 43.8 Å². The first-order valence-corrected chi connectivity index (χ1v) is 11.0. The highest BCUT2D eigenvalue weighted by molar-refractivity contribution is 6.04. The molecule has 3 heterocycles. The average Bonchev–Trinajstić information content (AvgIpc) is 3.28. The molecule has 0 aliphatic rings. The predicted molar refractivity (Wildman–Crippen MR) is 135 cm³/mol. The van der Waals surface area contributed by atoms with Crippen LogP contribution in [0.4, 0.5) is 11.6 Å². The third-order valence-electron chi connectivity index (χ3n) is 5.65. The normalized spacial score (nSPS) is 11.3. The quantitative estimate of drug-likeness (QED) is 0.420. The number of imidazole rings is 1. The molecule has 0 spiro atoms. The fourth-order valence-electron chi connectivity index (χ4n) is 3.69. The number of fused-ring (bicyclic) bond motifs is 1. The van der Waals surface area contributed by atoms with Gasteiger partial charge in [0.15, 0.2) is 5.82 Å². The molecule has 9 heteroatoms. The van der Waals surface area contributed by atoms with E-state index in [4.69, 9.17) is 4.98 Å². The first-order chi connectivity index (χ1) is 16.9. The minimum absolute atomic E-state index is 0.256. The number of hydrogen-bond acceptors (Lipinski definition) is 6. The molecule has 2 N–H and O–H groups in total. The summed E-state index contributed by atoms with van der Waals surface area (Å²) in [6.07, 6.45) is 5.12. The number of anilines is 2. The maximum Gasteiger partial charge on any atom is 0.298 e. The maximum absolute atomic E-state index is 12.6. The molecule has 0 fully saturated rings. The molecule has 1 aromatic carbocycles. The molecule has 0 bridgehead atoms. The summed E-state index contributed by atoms with van der Waals surface area (Å²) in [5, 5.41) is 5.90. The Hall–Kier alpha value is -4.71. The SMILES string of the molecule is CC#CC(=O)N(C)C(C)c1nc(-c2ccc(C(=O)Nc3ccccn3)cc2)c2c(NC)nccn12. The van der Waals surface area contributed by atoms with Gasteiger partial charge in [0.05, 0.1) is 6.04 Å². The van der Waals surface area contributed by atoms with Gasteiger partial charge in [0.1, 0.15) is 22.9 Å². The molecule has 176 valence electrons. The van der Waals surface area contributed by atoms with Crippen molar-refractivity contribution in [2.45, 2.75) is 19.9 Å². The molecule has 4 aromatic rings. The van der Waals surface area contributed by atoms with Crippen LogP contribution in [0.25, 0.3) is 16.8 Å². The molecule has 0 aliphatic carbocycles. The summed E-state index contributed by atoms with van der Waals surface area (Å²) in [7, 11) is 3.49. The molecular formula is C26H25N7O2. The lowest BCUT2D eigenvalue weighted by atomic mass is 10.1. The molecule has 0 radical (unpaired) electrons. The second kappa shape index (κ2) is 10.1. The zero-order valence-electron chi connectivity index (χ0n) is 19.9. The third-order valence-corrected chi connectivity index (χ3v) is 5.65. The van der Waals surface area contributed by atoms with Crippen molar-refractivity contribution in [1.82, 2.24) is 24.3 Å². The van der Waals surface area contributed by atoms with E-state index in [1.54, 1.807) is 68.6 Å². The van der Waals surface area contributed by atoms with Crippen molar-refractivity contribution in [3.05, 3.63) is 72.4 Å². The van der Waals surface area contributed by atoms with E-state index >= 15 is 0 Å². The van der Waals surface area contributed by atoms with Crippen molar-refractivity contribution in [2.75, 3.05) is 24.7 Å². The summed E-state index contributed by atoms with van der Waals surface area (Å²) < 4.78 is 1.92. The van der Waals surface area contributed by atoms with E-state index < -0.39 is 0 Å². The first kappa shape index (κ1) is 23.4. The Morgan fingerprint density at radius 3 is 2.51 bits per heavy atom. The van der Waals surface area contributed by atoms with Crippen LogP contribution in [0.3, 0.4) is 0 Å². The van der Waals surface area contributed by atoms with Gasteiger partial charge >= 0.3 is 0 Å². The van der Waals surface area contributed by atoms with Gasteiger partial charge in [0.2, 0.25) is 0 Å². The van der Waals surface area contributed by atoms with E-state index in [0.29, 0.717) is 28.7 Å². The third kappa shape index (κ3) is 4.68. The molecular weight excluding hydrogens is 442 g/mol. The number of carbonyl (C=O) groups is 2. The summed E-state index contributed by atoms with van der Waals surface area (Å²) in [6.45, 7) is 3.53. The van der Waals surface area contributed by atoms with E-state index in [0.717, 1.165) is 11.1 Å². The first-order valence-electron chi connectivity index (χ1n) is 11.0. The van der Waals surface area contributed by atoms with E-state index in [2.05, 4.69) is 32.4 Å². The molecule has 0 saturated carbocycles. The van der Waals surface area contributed by atoms with E-state index in [9.17, 15) is 9.59 Å². The Morgan fingerprint density at radius 2 is 1.86 bits per heavy atom. The number of hydrogen-bond donors (Lipinski definition) is 2. The number of nitrogens with zero attached hydrogens (tertiary/aromatic N) is 5. The van der Waals surface area contributed by atoms with Crippen LogP contribution in [-0.2, 0) is 4.79 Å². The number of aromatic nitrogens is 4. The van der Waals surface area contributed by atoms with Gasteiger partial charge in [-0.3, -0.25) is 14.0 Å². The smallest absolute Gasteiger partial charge is 0.298 e. The lowest BCUT2D eigenvalue weighted by Crippen LogP contribution is -2.29. The Bertz CT molecular complexity index is 1430. The van der Waals surface area contributed by atoms with Crippen molar-refractivity contribution in [3.8, 4) is 23.1 Å². The lowest BCUT2D eigenvalue weighted by molar-refractivity contribution is -0.125.